The van der Waals surface area contributed by atoms with E-state index in [9.17, 15) is 14.4 Å². The molecule has 0 saturated carbocycles. The van der Waals surface area contributed by atoms with Crippen LogP contribution in [0.2, 0.25) is 5.02 Å². The lowest BCUT2D eigenvalue weighted by molar-refractivity contribution is -0.119. The molecule has 2 aliphatic rings. The number of nitrogens with zero attached hydrogens (tertiary/aromatic N) is 3. The van der Waals surface area contributed by atoms with Crippen LogP contribution in [0.4, 0.5) is 11.4 Å². The second-order valence-corrected chi connectivity index (χ2v) is 9.18. The number of anilines is 2. The van der Waals surface area contributed by atoms with E-state index in [0.29, 0.717) is 36.6 Å². The van der Waals surface area contributed by atoms with E-state index in [2.05, 4.69) is 10.2 Å². The highest BCUT2D eigenvalue weighted by molar-refractivity contribution is 6.30. The average molecular weight is 469 g/mol. The molecule has 0 radical (unpaired) electrons. The van der Waals surface area contributed by atoms with E-state index in [1.807, 2.05) is 24.3 Å². The molecule has 8 heteroatoms. The summed E-state index contributed by atoms with van der Waals surface area (Å²) in [6, 6.07) is 14.3. The second kappa shape index (κ2) is 10.4. The number of hydrogen-bond acceptors (Lipinski definition) is 4. The van der Waals surface area contributed by atoms with Crippen LogP contribution in [-0.2, 0) is 9.59 Å². The predicted molar refractivity (Wildman–Crippen MR) is 130 cm³/mol. The van der Waals surface area contributed by atoms with Gasteiger partial charge in [0.2, 0.25) is 11.8 Å². The Labute approximate surface area is 199 Å². The molecule has 0 aromatic heterocycles. The largest absolute Gasteiger partial charge is 0.352 e. The van der Waals surface area contributed by atoms with Gasteiger partial charge in [-0.25, -0.2) is 0 Å². The van der Waals surface area contributed by atoms with E-state index < -0.39 is 0 Å². The third-order valence-corrected chi connectivity index (χ3v) is 6.56. The fourth-order valence-corrected chi connectivity index (χ4v) is 4.57. The SMILES string of the molecule is CN(C(=O)CN1CCCC1)c1ccc(N2CC(CNC(=O)c3cccc(Cl)c3)CC2=O)cc1. The van der Waals surface area contributed by atoms with Gasteiger partial charge in [0, 0.05) is 54.4 Å². The Morgan fingerprint density at radius 1 is 1.12 bits per heavy atom. The fourth-order valence-electron chi connectivity index (χ4n) is 4.37. The van der Waals surface area contributed by atoms with Gasteiger partial charge in [0.1, 0.15) is 0 Å². The Kier molecular flexibility index (Phi) is 7.30. The molecule has 2 aromatic rings. The van der Waals surface area contributed by atoms with E-state index >= 15 is 0 Å². The molecule has 1 atom stereocenters. The predicted octanol–water partition coefficient (Wildman–Crippen LogP) is 3.18. The van der Waals surface area contributed by atoms with Gasteiger partial charge in [-0.2, -0.15) is 0 Å². The molecular weight excluding hydrogens is 440 g/mol. The first-order chi connectivity index (χ1) is 15.9. The van der Waals surface area contributed by atoms with Crippen LogP contribution in [0.1, 0.15) is 29.6 Å². The summed E-state index contributed by atoms with van der Waals surface area (Å²) in [7, 11) is 1.78. The second-order valence-electron chi connectivity index (χ2n) is 8.75. The van der Waals surface area contributed by atoms with Crippen molar-refractivity contribution in [2.45, 2.75) is 19.3 Å². The highest BCUT2D eigenvalue weighted by Crippen LogP contribution is 2.27. The van der Waals surface area contributed by atoms with Gasteiger partial charge in [-0.15, -0.1) is 0 Å². The third-order valence-electron chi connectivity index (χ3n) is 6.32. The first kappa shape index (κ1) is 23.3. The third kappa shape index (κ3) is 5.72. The molecule has 2 aliphatic heterocycles. The van der Waals surface area contributed by atoms with Crippen molar-refractivity contribution in [2.24, 2.45) is 5.92 Å². The zero-order valence-corrected chi connectivity index (χ0v) is 19.6. The van der Waals surface area contributed by atoms with Gasteiger partial charge in [0.05, 0.1) is 6.54 Å². The Hall–Kier alpha value is -2.90. The number of halogens is 1. The Morgan fingerprint density at radius 3 is 2.55 bits per heavy atom. The van der Waals surface area contributed by atoms with Gasteiger partial charge in [0.25, 0.3) is 5.91 Å². The van der Waals surface area contributed by atoms with Gasteiger partial charge < -0.3 is 15.1 Å². The Balaban J connectivity index is 1.31. The number of rotatable bonds is 7. The lowest BCUT2D eigenvalue weighted by Crippen LogP contribution is -2.37. The molecule has 3 amide bonds. The van der Waals surface area contributed by atoms with Gasteiger partial charge in [0.15, 0.2) is 0 Å². The Morgan fingerprint density at radius 2 is 1.85 bits per heavy atom. The van der Waals surface area contributed by atoms with Crippen LogP contribution in [0, 0.1) is 5.92 Å². The number of carbonyl (C=O) groups excluding carboxylic acids is 3. The lowest BCUT2D eigenvalue weighted by atomic mass is 10.1. The van der Waals surface area contributed by atoms with E-state index in [1.165, 1.54) is 0 Å². The lowest BCUT2D eigenvalue weighted by Gasteiger charge is -2.22. The molecule has 0 spiro atoms. The molecule has 33 heavy (non-hydrogen) atoms. The summed E-state index contributed by atoms with van der Waals surface area (Å²) in [6.07, 6.45) is 2.69. The van der Waals surface area contributed by atoms with E-state index in [1.54, 1.807) is 41.1 Å². The quantitative estimate of drug-likeness (QED) is 0.677. The summed E-state index contributed by atoms with van der Waals surface area (Å²) in [4.78, 5) is 43.1. The van der Waals surface area contributed by atoms with Crippen molar-refractivity contribution in [2.75, 3.05) is 49.6 Å². The molecule has 7 nitrogen and oxygen atoms in total. The first-order valence-electron chi connectivity index (χ1n) is 11.3. The van der Waals surface area contributed by atoms with Gasteiger partial charge in [-0.1, -0.05) is 17.7 Å². The molecule has 2 heterocycles. The van der Waals surface area contributed by atoms with Crippen molar-refractivity contribution < 1.29 is 14.4 Å². The van der Waals surface area contributed by atoms with Crippen LogP contribution in [-0.4, -0.2) is 62.4 Å². The molecule has 2 saturated heterocycles. The Bertz CT molecular complexity index is 1020. The van der Waals surface area contributed by atoms with E-state index in [0.717, 1.165) is 37.3 Å². The van der Waals surface area contributed by atoms with Gasteiger partial charge >= 0.3 is 0 Å². The molecule has 174 valence electrons. The zero-order chi connectivity index (χ0) is 23.4. The molecule has 1 unspecified atom stereocenters. The first-order valence-corrected chi connectivity index (χ1v) is 11.7. The van der Waals surface area contributed by atoms with E-state index in [4.69, 9.17) is 11.6 Å². The summed E-state index contributed by atoms with van der Waals surface area (Å²) in [5.41, 5.74) is 2.11. The number of likely N-dealkylation sites (tertiary alicyclic amines) is 1. The van der Waals surface area contributed by atoms with Crippen molar-refractivity contribution in [3.63, 3.8) is 0 Å². The van der Waals surface area contributed by atoms with Crippen molar-refractivity contribution in [3.8, 4) is 0 Å². The smallest absolute Gasteiger partial charge is 0.251 e. The van der Waals surface area contributed by atoms with Crippen molar-refractivity contribution in [1.29, 1.82) is 0 Å². The number of amides is 3. The fraction of sp³-hybridized carbons (Fsp3) is 0.400. The molecule has 2 aromatic carbocycles. The van der Waals surface area contributed by atoms with Crippen LogP contribution < -0.4 is 15.1 Å². The number of nitrogens with one attached hydrogen (secondary N) is 1. The molecule has 2 fully saturated rings. The summed E-state index contributed by atoms with van der Waals surface area (Å²) < 4.78 is 0. The normalized spacial score (nSPS) is 18.5. The number of benzene rings is 2. The average Bonchev–Trinajstić information content (AvgIpc) is 3.46. The highest BCUT2D eigenvalue weighted by Gasteiger charge is 2.31. The topological polar surface area (TPSA) is 73.0 Å². The standard InChI is InChI=1S/C25H29ClN4O3/c1-28(24(32)17-29-11-2-3-12-29)21-7-9-22(10-8-21)30-16-18(13-23(30)31)15-27-25(33)19-5-4-6-20(26)14-19/h4-10,14,18H,2-3,11-13,15-17H2,1H3,(H,27,33). The summed E-state index contributed by atoms with van der Waals surface area (Å²) >= 11 is 5.95. The molecule has 1 N–H and O–H groups in total. The molecule has 0 bridgehead atoms. The molecule has 0 aliphatic carbocycles. The molecular formula is C25H29ClN4O3. The number of likely N-dealkylation sites (N-methyl/N-ethyl adjacent to an activating group) is 1. The maximum atomic E-state index is 12.6. The minimum Gasteiger partial charge on any atom is -0.352 e. The summed E-state index contributed by atoms with van der Waals surface area (Å²) in [5, 5.41) is 3.41. The van der Waals surface area contributed by atoms with Crippen molar-refractivity contribution in [1.82, 2.24) is 10.2 Å². The van der Waals surface area contributed by atoms with E-state index in [-0.39, 0.29) is 23.6 Å². The highest BCUT2D eigenvalue weighted by atomic mass is 35.5. The monoisotopic (exact) mass is 468 g/mol. The number of hydrogen-bond donors (Lipinski definition) is 1. The summed E-state index contributed by atoms with van der Waals surface area (Å²) in [6.45, 7) is 3.36. The maximum Gasteiger partial charge on any atom is 0.251 e. The zero-order valence-electron chi connectivity index (χ0n) is 18.8. The summed E-state index contributed by atoms with van der Waals surface area (Å²) in [5.74, 6) is -0.0694. The van der Waals surface area contributed by atoms with Crippen LogP contribution in [0.5, 0.6) is 0 Å². The number of carbonyl (C=O) groups is 3. The van der Waals surface area contributed by atoms with Gasteiger partial charge in [-0.3, -0.25) is 19.3 Å². The van der Waals surface area contributed by atoms with Crippen LogP contribution in [0.25, 0.3) is 0 Å². The van der Waals surface area contributed by atoms with Crippen molar-refractivity contribution in [3.05, 3.63) is 59.1 Å². The minimum atomic E-state index is -0.200. The van der Waals surface area contributed by atoms with Crippen LogP contribution >= 0.6 is 11.6 Å². The maximum absolute atomic E-state index is 12.6. The van der Waals surface area contributed by atoms with Crippen molar-refractivity contribution >= 4 is 40.7 Å². The van der Waals surface area contributed by atoms with Gasteiger partial charge in [-0.05, 0) is 68.4 Å². The van der Waals surface area contributed by atoms with Crippen LogP contribution in [0.3, 0.4) is 0 Å². The van der Waals surface area contributed by atoms with Crippen LogP contribution in [0.15, 0.2) is 48.5 Å². The minimum absolute atomic E-state index is 0.0308. The molecule has 4 rings (SSSR count).